The third kappa shape index (κ3) is 3.30. The SMILES string of the molecule is CNC[C@@H]1CN(Cc2ccccc2)CCO1. The molecular formula is C13H20N2O. The largest absolute Gasteiger partial charge is 0.374 e. The van der Waals surface area contributed by atoms with Crippen LogP contribution in [-0.2, 0) is 11.3 Å². The first kappa shape index (κ1) is 11.6. The molecule has 1 aliphatic rings. The molecule has 0 spiro atoms. The van der Waals surface area contributed by atoms with Crippen LogP contribution in [0.4, 0.5) is 0 Å². The first-order valence-electron chi connectivity index (χ1n) is 5.91. The van der Waals surface area contributed by atoms with E-state index in [1.165, 1.54) is 5.56 Å². The van der Waals surface area contributed by atoms with E-state index in [4.69, 9.17) is 4.74 Å². The van der Waals surface area contributed by atoms with Gasteiger partial charge in [0, 0.05) is 26.2 Å². The van der Waals surface area contributed by atoms with Crippen LogP contribution in [0.25, 0.3) is 0 Å². The van der Waals surface area contributed by atoms with Gasteiger partial charge < -0.3 is 10.1 Å². The maximum atomic E-state index is 5.68. The average molecular weight is 220 g/mol. The number of nitrogens with one attached hydrogen (secondary N) is 1. The number of morpholine rings is 1. The zero-order valence-electron chi connectivity index (χ0n) is 9.86. The number of hydrogen-bond donors (Lipinski definition) is 1. The predicted molar refractivity (Wildman–Crippen MR) is 65.4 cm³/mol. The van der Waals surface area contributed by atoms with Crippen molar-refractivity contribution in [3.8, 4) is 0 Å². The summed E-state index contributed by atoms with van der Waals surface area (Å²) >= 11 is 0. The molecule has 0 bridgehead atoms. The fraction of sp³-hybridized carbons (Fsp3) is 0.538. The molecule has 0 saturated carbocycles. The van der Waals surface area contributed by atoms with Gasteiger partial charge in [0.15, 0.2) is 0 Å². The molecule has 0 amide bonds. The Kier molecular flexibility index (Phi) is 4.34. The minimum absolute atomic E-state index is 0.336. The molecule has 0 radical (unpaired) electrons. The van der Waals surface area contributed by atoms with E-state index in [-0.39, 0.29) is 0 Å². The first-order chi connectivity index (χ1) is 7.88. The van der Waals surface area contributed by atoms with Gasteiger partial charge in [-0.25, -0.2) is 0 Å². The van der Waals surface area contributed by atoms with Gasteiger partial charge in [0.25, 0.3) is 0 Å². The second-order valence-electron chi connectivity index (χ2n) is 4.27. The summed E-state index contributed by atoms with van der Waals surface area (Å²) in [7, 11) is 1.97. The highest BCUT2D eigenvalue weighted by Gasteiger charge is 2.19. The zero-order valence-corrected chi connectivity index (χ0v) is 9.86. The number of ether oxygens (including phenoxy) is 1. The Bertz CT molecular complexity index is 300. The Morgan fingerprint density at radius 2 is 2.19 bits per heavy atom. The van der Waals surface area contributed by atoms with Gasteiger partial charge in [-0.05, 0) is 12.6 Å². The highest BCUT2D eigenvalue weighted by molar-refractivity contribution is 5.14. The lowest BCUT2D eigenvalue weighted by Crippen LogP contribution is -2.45. The monoisotopic (exact) mass is 220 g/mol. The van der Waals surface area contributed by atoms with E-state index in [0.29, 0.717) is 6.10 Å². The molecule has 0 unspecified atom stereocenters. The van der Waals surface area contributed by atoms with Crippen molar-refractivity contribution in [2.24, 2.45) is 0 Å². The van der Waals surface area contributed by atoms with Crippen molar-refractivity contribution in [1.82, 2.24) is 10.2 Å². The second-order valence-corrected chi connectivity index (χ2v) is 4.27. The predicted octanol–water partition coefficient (Wildman–Crippen LogP) is 1.11. The Morgan fingerprint density at radius 1 is 1.38 bits per heavy atom. The van der Waals surface area contributed by atoms with E-state index in [1.54, 1.807) is 0 Å². The van der Waals surface area contributed by atoms with E-state index in [1.807, 2.05) is 7.05 Å². The molecular weight excluding hydrogens is 200 g/mol. The minimum Gasteiger partial charge on any atom is -0.374 e. The van der Waals surface area contributed by atoms with Gasteiger partial charge >= 0.3 is 0 Å². The van der Waals surface area contributed by atoms with Crippen LogP contribution in [0.2, 0.25) is 0 Å². The Labute approximate surface area is 97.4 Å². The molecule has 1 saturated heterocycles. The quantitative estimate of drug-likeness (QED) is 0.822. The third-order valence-electron chi connectivity index (χ3n) is 2.90. The van der Waals surface area contributed by atoms with E-state index in [9.17, 15) is 0 Å². The van der Waals surface area contributed by atoms with Crippen LogP contribution >= 0.6 is 0 Å². The molecule has 1 aliphatic heterocycles. The van der Waals surface area contributed by atoms with Gasteiger partial charge in [0.1, 0.15) is 0 Å². The standard InChI is InChI=1S/C13H20N2O/c1-14-9-13-11-15(7-8-16-13)10-12-5-3-2-4-6-12/h2-6,13-14H,7-11H2,1H3/t13-/m1/s1. The highest BCUT2D eigenvalue weighted by Crippen LogP contribution is 2.09. The molecule has 0 aromatic heterocycles. The smallest absolute Gasteiger partial charge is 0.0826 e. The topological polar surface area (TPSA) is 24.5 Å². The summed E-state index contributed by atoms with van der Waals surface area (Å²) < 4.78 is 5.68. The van der Waals surface area contributed by atoms with Gasteiger partial charge in [0.05, 0.1) is 12.7 Å². The number of likely N-dealkylation sites (N-methyl/N-ethyl adjacent to an activating group) is 1. The molecule has 0 aliphatic carbocycles. The lowest BCUT2D eigenvalue weighted by molar-refractivity contribution is -0.0291. The summed E-state index contributed by atoms with van der Waals surface area (Å²) in [5, 5.41) is 3.17. The molecule has 1 aromatic carbocycles. The molecule has 1 N–H and O–H groups in total. The molecule has 3 nitrogen and oxygen atoms in total. The molecule has 2 rings (SSSR count). The third-order valence-corrected chi connectivity index (χ3v) is 2.90. The fourth-order valence-corrected chi connectivity index (χ4v) is 2.12. The first-order valence-corrected chi connectivity index (χ1v) is 5.91. The van der Waals surface area contributed by atoms with E-state index in [0.717, 1.165) is 32.8 Å². The van der Waals surface area contributed by atoms with Crippen LogP contribution in [0.3, 0.4) is 0 Å². The molecule has 1 atom stereocenters. The van der Waals surface area contributed by atoms with Crippen molar-refractivity contribution in [1.29, 1.82) is 0 Å². The van der Waals surface area contributed by atoms with Crippen molar-refractivity contribution in [2.75, 3.05) is 33.3 Å². The number of hydrogen-bond acceptors (Lipinski definition) is 3. The van der Waals surface area contributed by atoms with Gasteiger partial charge in [-0.2, -0.15) is 0 Å². The lowest BCUT2D eigenvalue weighted by atomic mass is 10.2. The summed E-state index contributed by atoms with van der Waals surface area (Å²) in [6, 6.07) is 10.6. The Morgan fingerprint density at radius 3 is 2.94 bits per heavy atom. The zero-order chi connectivity index (χ0) is 11.2. The normalized spacial score (nSPS) is 22.2. The van der Waals surface area contributed by atoms with Crippen molar-refractivity contribution < 1.29 is 4.74 Å². The summed E-state index contributed by atoms with van der Waals surface area (Å²) in [5.41, 5.74) is 1.38. The van der Waals surface area contributed by atoms with Gasteiger partial charge in [-0.3, -0.25) is 4.90 Å². The van der Waals surface area contributed by atoms with E-state index in [2.05, 4.69) is 40.5 Å². The van der Waals surface area contributed by atoms with Crippen LogP contribution in [-0.4, -0.2) is 44.3 Å². The second kappa shape index (κ2) is 5.99. The molecule has 1 aromatic rings. The van der Waals surface area contributed by atoms with Crippen molar-refractivity contribution >= 4 is 0 Å². The molecule has 1 fully saturated rings. The molecule has 1 heterocycles. The lowest BCUT2D eigenvalue weighted by Gasteiger charge is -2.32. The van der Waals surface area contributed by atoms with Gasteiger partial charge in [0.2, 0.25) is 0 Å². The van der Waals surface area contributed by atoms with Crippen LogP contribution in [0.5, 0.6) is 0 Å². The maximum Gasteiger partial charge on any atom is 0.0826 e. The molecule has 3 heteroatoms. The van der Waals surface area contributed by atoms with Gasteiger partial charge in [-0.1, -0.05) is 30.3 Å². The average Bonchev–Trinajstić information content (AvgIpc) is 2.31. The number of benzene rings is 1. The van der Waals surface area contributed by atoms with Crippen LogP contribution in [0.1, 0.15) is 5.56 Å². The Balaban J connectivity index is 1.85. The van der Waals surface area contributed by atoms with Crippen molar-refractivity contribution in [2.45, 2.75) is 12.6 Å². The number of nitrogens with zero attached hydrogens (tertiary/aromatic N) is 1. The maximum absolute atomic E-state index is 5.68. The molecule has 16 heavy (non-hydrogen) atoms. The van der Waals surface area contributed by atoms with Crippen molar-refractivity contribution in [3.63, 3.8) is 0 Å². The highest BCUT2D eigenvalue weighted by atomic mass is 16.5. The van der Waals surface area contributed by atoms with Gasteiger partial charge in [-0.15, -0.1) is 0 Å². The fourth-order valence-electron chi connectivity index (χ4n) is 2.12. The summed E-state index contributed by atoms with van der Waals surface area (Å²) in [4.78, 5) is 2.46. The minimum atomic E-state index is 0.336. The summed E-state index contributed by atoms with van der Waals surface area (Å²) in [6.45, 7) is 4.87. The molecule has 88 valence electrons. The van der Waals surface area contributed by atoms with Crippen LogP contribution in [0.15, 0.2) is 30.3 Å². The van der Waals surface area contributed by atoms with Crippen LogP contribution in [0, 0.1) is 0 Å². The van der Waals surface area contributed by atoms with Crippen LogP contribution < -0.4 is 5.32 Å². The Hall–Kier alpha value is -0.900. The van der Waals surface area contributed by atoms with Crippen molar-refractivity contribution in [3.05, 3.63) is 35.9 Å². The summed E-state index contributed by atoms with van der Waals surface area (Å²) in [6.07, 6.45) is 0.336. The van der Waals surface area contributed by atoms with E-state index >= 15 is 0 Å². The van der Waals surface area contributed by atoms with E-state index < -0.39 is 0 Å². The summed E-state index contributed by atoms with van der Waals surface area (Å²) in [5.74, 6) is 0. The number of rotatable bonds is 4.